The number of rotatable bonds is 6. The Morgan fingerprint density at radius 2 is 1.85 bits per heavy atom. The van der Waals surface area contributed by atoms with Gasteiger partial charge in [0.1, 0.15) is 11.6 Å². The smallest absolute Gasteiger partial charge is 0.225 e. The molecule has 10 heteroatoms. The normalized spacial score (nSPS) is 15.3. The van der Waals surface area contributed by atoms with Crippen molar-refractivity contribution >= 4 is 35.0 Å². The van der Waals surface area contributed by atoms with Crippen LogP contribution in [0.2, 0.25) is 0 Å². The Bertz CT molecular complexity index is 866. The summed E-state index contributed by atoms with van der Waals surface area (Å²) in [5.41, 5.74) is 11.3. The first-order chi connectivity index (χ1) is 13.2. The van der Waals surface area contributed by atoms with E-state index in [-0.39, 0.29) is 11.9 Å². The van der Waals surface area contributed by atoms with E-state index in [4.69, 9.17) is 11.5 Å². The predicted molar refractivity (Wildman–Crippen MR) is 107 cm³/mol. The lowest BCUT2D eigenvalue weighted by Crippen LogP contribution is -2.17. The van der Waals surface area contributed by atoms with Crippen molar-refractivity contribution in [2.24, 2.45) is 0 Å². The van der Waals surface area contributed by atoms with Gasteiger partial charge < -0.3 is 16.0 Å². The Balaban J connectivity index is 1.58. The minimum atomic E-state index is 0.144. The van der Waals surface area contributed by atoms with Crippen molar-refractivity contribution in [3.63, 3.8) is 0 Å². The van der Waals surface area contributed by atoms with E-state index in [0.29, 0.717) is 17.6 Å². The largest absolute Gasteiger partial charge is 0.368 e. The summed E-state index contributed by atoms with van der Waals surface area (Å²) in [7, 11) is 0. The Kier molecular flexibility index (Phi) is 5.53. The molecule has 3 aromatic rings. The highest BCUT2D eigenvalue weighted by Crippen LogP contribution is 2.34. The molecule has 3 aromatic heterocycles. The average Bonchev–Trinajstić information content (AvgIpc) is 3.30. The zero-order valence-electron chi connectivity index (χ0n) is 14.9. The molecular formula is C17H22N8S2. The van der Waals surface area contributed by atoms with Crippen molar-refractivity contribution in [1.82, 2.24) is 29.7 Å². The van der Waals surface area contributed by atoms with E-state index in [0.717, 1.165) is 17.4 Å². The highest BCUT2D eigenvalue weighted by molar-refractivity contribution is 7.98. The van der Waals surface area contributed by atoms with Crippen LogP contribution in [0.3, 0.4) is 0 Å². The SMILES string of the molecule is Nc1nc(N)nc(CSc2nnc(Cc3cccs3)n2C2CCCCC2)n1. The molecule has 0 bridgehead atoms. The van der Waals surface area contributed by atoms with Gasteiger partial charge in [0.05, 0.1) is 5.75 Å². The summed E-state index contributed by atoms with van der Waals surface area (Å²) in [5.74, 6) is 2.40. The predicted octanol–water partition coefficient (Wildman–Crippen LogP) is 3.08. The van der Waals surface area contributed by atoms with E-state index in [9.17, 15) is 0 Å². The van der Waals surface area contributed by atoms with E-state index in [1.807, 2.05) is 0 Å². The van der Waals surface area contributed by atoms with Crippen molar-refractivity contribution in [2.45, 2.75) is 55.5 Å². The maximum atomic E-state index is 5.67. The fraction of sp³-hybridized carbons (Fsp3) is 0.471. The Morgan fingerprint density at radius 1 is 1.07 bits per heavy atom. The van der Waals surface area contributed by atoms with Crippen molar-refractivity contribution in [3.8, 4) is 0 Å². The molecule has 0 spiro atoms. The van der Waals surface area contributed by atoms with Crippen LogP contribution in [-0.2, 0) is 12.2 Å². The molecule has 142 valence electrons. The maximum absolute atomic E-state index is 5.67. The zero-order valence-corrected chi connectivity index (χ0v) is 16.5. The minimum Gasteiger partial charge on any atom is -0.368 e. The summed E-state index contributed by atoms with van der Waals surface area (Å²) in [6, 6.07) is 4.68. The fourth-order valence-corrected chi connectivity index (χ4v) is 5.03. The molecule has 0 saturated heterocycles. The summed E-state index contributed by atoms with van der Waals surface area (Å²) >= 11 is 3.33. The van der Waals surface area contributed by atoms with Crippen molar-refractivity contribution in [3.05, 3.63) is 34.0 Å². The molecule has 1 fully saturated rings. The first-order valence-electron chi connectivity index (χ1n) is 9.04. The number of aromatic nitrogens is 6. The second-order valence-corrected chi connectivity index (χ2v) is 8.55. The third-order valence-electron chi connectivity index (χ3n) is 4.63. The lowest BCUT2D eigenvalue weighted by atomic mass is 9.95. The minimum absolute atomic E-state index is 0.144. The molecule has 0 aromatic carbocycles. The standard InChI is InChI=1S/C17H22N8S2/c18-15-20-13(21-16(19)22-15)10-27-17-24-23-14(9-12-7-4-8-26-12)25(17)11-5-2-1-3-6-11/h4,7-8,11H,1-3,5-6,9-10H2,(H4,18,19,20,21,22). The number of hydrogen-bond donors (Lipinski definition) is 2. The Labute approximate surface area is 165 Å². The van der Waals surface area contributed by atoms with Crippen molar-refractivity contribution in [1.29, 1.82) is 0 Å². The van der Waals surface area contributed by atoms with Gasteiger partial charge >= 0.3 is 0 Å². The molecule has 3 heterocycles. The fourth-order valence-electron chi connectivity index (χ4n) is 3.45. The zero-order chi connectivity index (χ0) is 18.6. The van der Waals surface area contributed by atoms with Gasteiger partial charge in [0, 0.05) is 17.3 Å². The quantitative estimate of drug-likeness (QED) is 0.603. The van der Waals surface area contributed by atoms with Gasteiger partial charge in [-0.05, 0) is 24.3 Å². The lowest BCUT2D eigenvalue weighted by molar-refractivity contribution is 0.330. The topological polar surface area (TPSA) is 121 Å². The second kappa shape index (κ2) is 8.22. The second-order valence-electron chi connectivity index (χ2n) is 6.57. The van der Waals surface area contributed by atoms with Gasteiger partial charge in [-0.15, -0.1) is 21.5 Å². The highest BCUT2D eigenvalue weighted by Gasteiger charge is 2.23. The number of nitrogen functional groups attached to an aromatic ring is 2. The van der Waals surface area contributed by atoms with Crippen LogP contribution in [-0.4, -0.2) is 29.7 Å². The Morgan fingerprint density at radius 3 is 2.56 bits per heavy atom. The van der Waals surface area contributed by atoms with E-state index in [1.165, 1.54) is 37.0 Å². The number of hydrogen-bond acceptors (Lipinski definition) is 9. The third kappa shape index (κ3) is 4.38. The third-order valence-corrected chi connectivity index (χ3v) is 6.45. The summed E-state index contributed by atoms with van der Waals surface area (Å²) in [6.07, 6.45) is 6.99. The van der Waals surface area contributed by atoms with Gasteiger partial charge in [0.2, 0.25) is 11.9 Å². The number of anilines is 2. The first-order valence-corrected chi connectivity index (χ1v) is 10.9. The molecule has 0 atom stereocenters. The maximum Gasteiger partial charge on any atom is 0.225 e. The van der Waals surface area contributed by atoms with Crippen LogP contribution >= 0.6 is 23.1 Å². The molecule has 4 rings (SSSR count). The highest BCUT2D eigenvalue weighted by atomic mass is 32.2. The molecule has 0 radical (unpaired) electrons. The number of thioether (sulfide) groups is 1. The molecule has 4 N–H and O–H groups in total. The molecule has 8 nitrogen and oxygen atoms in total. The van der Waals surface area contributed by atoms with Gasteiger partial charge in [-0.25, -0.2) is 0 Å². The van der Waals surface area contributed by atoms with Crippen LogP contribution in [0.15, 0.2) is 22.7 Å². The van der Waals surface area contributed by atoms with E-state index >= 15 is 0 Å². The van der Waals surface area contributed by atoms with Crippen LogP contribution < -0.4 is 11.5 Å². The molecular weight excluding hydrogens is 380 g/mol. The summed E-state index contributed by atoms with van der Waals surface area (Å²) in [5, 5.41) is 12.0. The van der Waals surface area contributed by atoms with Crippen LogP contribution in [0.1, 0.15) is 54.7 Å². The van der Waals surface area contributed by atoms with E-state index in [1.54, 1.807) is 23.1 Å². The van der Waals surface area contributed by atoms with Gasteiger partial charge in [0.25, 0.3) is 0 Å². The summed E-state index contributed by atoms with van der Waals surface area (Å²) in [6.45, 7) is 0. The van der Waals surface area contributed by atoms with Crippen molar-refractivity contribution < 1.29 is 0 Å². The number of nitrogens with two attached hydrogens (primary N) is 2. The van der Waals surface area contributed by atoms with Crippen LogP contribution in [0.4, 0.5) is 11.9 Å². The Hall–Kier alpha value is -2.20. The van der Waals surface area contributed by atoms with Crippen LogP contribution in [0.5, 0.6) is 0 Å². The summed E-state index contributed by atoms with van der Waals surface area (Å²) in [4.78, 5) is 13.4. The molecule has 1 saturated carbocycles. The lowest BCUT2D eigenvalue weighted by Gasteiger charge is -2.25. The van der Waals surface area contributed by atoms with Gasteiger partial charge in [-0.2, -0.15) is 15.0 Å². The van der Waals surface area contributed by atoms with Gasteiger partial charge in [-0.3, -0.25) is 0 Å². The van der Waals surface area contributed by atoms with Crippen LogP contribution in [0.25, 0.3) is 0 Å². The van der Waals surface area contributed by atoms with E-state index in [2.05, 4.69) is 47.2 Å². The molecule has 0 aliphatic heterocycles. The van der Waals surface area contributed by atoms with Gasteiger partial charge in [-0.1, -0.05) is 37.1 Å². The first kappa shape index (κ1) is 18.2. The molecule has 0 unspecified atom stereocenters. The number of thiophene rings is 1. The molecule has 1 aliphatic rings. The average molecular weight is 403 g/mol. The molecule has 27 heavy (non-hydrogen) atoms. The number of nitrogens with zero attached hydrogens (tertiary/aromatic N) is 6. The van der Waals surface area contributed by atoms with E-state index < -0.39 is 0 Å². The van der Waals surface area contributed by atoms with Gasteiger partial charge in [0.15, 0.2) is 5.16 Å². The monoisotopic (exact) mass is 402 g/mol. The van der Waals surface area contributed by atoms with Crippen molar-refractivity contribution in [2.75, 3.05) is 11.5 Å². The van der Waals surface area contributed by atoms with Crippen LogP contribution in [0, 0.1) is 0 Å². The molecule has 0 amide bonds. The summed E-state index contributed by atoms with van der Waals surface area (Å²) < 4.78 is 2.33. The molecule has 1 aliphatic carbocycles.